The van der Waals surface area contributed by atoms with Crippen molar-refractivity contribution >= 4 is 5.97 Å². The molecule has 1 rings (SSSR count). The zero-order chi connectivity index (χ0) is 8.27. The fourth-order valence-corrected chi connectivity index (χ4v) is 0.734. The van der Waals surface area contributed by atoms with Gasteiger partial charge in [0.15, 0.2) is 0 Å². The average molecular weight is 275 g/mol. The number of methoxy groups -OCH3 is 1. The van der Waals surface area contributed by atoms with Gasteiger partial charge in [-0.2, -0.15) is 0 Å². The van der Waals surface area contributed by atoms with Crippen molar-refractivity contribution in [1.82, 2.24) is 0 Å². The number of hydrogen-bond acceptors (Lipinski definition) is 2. The Morgan fingerprint density at radius 1 is 1.31 bits per heavy atom. The van der Waals surface area contributed by atoms with Crippen LogP contribution in [-0.4, -0.2) is 18.2 Å². The summed E-state index contributed by atoms with van der Waals surface area (Å²) in [6.07, 6.45) is 0. The van der Waals surface area contributed by atoms with Crippen molar-refractivity contribution in [3.63, 3.8) is 0 Å². The number of carboxylic acid groups (broad SMARTS) is 1. The van der Waals surface area contributed by atoms with Crippen LogP contribution in [0.3, 0.4) is 0 Å². The van der Waals surface area contributed by atoms with Crippen molar-refractivity contribution in [2.24, 2.45) is 0 Å². The third-order valence-corrected chi connectivity index (χ3v) is 1.34. The smallest absolute Gasteiger partial charge is 0.335 e. The quantitative estimate of drug-likeness (QED) is 0.661. The molecule has 0 unspecified atom stereocenters. The van der Waals surface area contributed by atoms with Crippen LogP contribution in [0.5, 0.6) is 5.75 Å². The van der Waals surface area contributed by atoms with Crippen molar-refractivity contribution in [2.45, 2.75) is 0 Å². The molecular weight excluding hydrogens is 264 g/mol. The minimum absolute atomic E-state index is 0. The number of carboxylic acids is 1. The first-order valence-electron chi connectivity index (χ1n) is 3.11. The van der Waals surface area contributed by atoms with Gasteiger partial charge in [0, 0.05) is 29.8 Å². The molecule has 0 saturated heterocycles. The number of benzene rings is 1. The number of rotatable bonds is 2. The van der Waals surface area contributed by atoms with Crippen molar-refractivity contribution in [2.75, 3.05) is 7.11 Å². The molecule has 0 fully saturated rings. The van der Waals surface area contributed by atoms with Gasteiger partial charge in [0.05, 0.1) is 12.7 Å². The molecule has 0 bridgehead atoms. The number of hydrogen-bond donors (Lipinski definition) is 1. The van der Waals surface area contributed by atoms with Gasteiger partial charge in [-0.3, -0.25) is 0 Å². The molecule has 13 heavy (non-hydrogen) atoms. The second-order valence-electron chi connectivity index (χ2n) is 2.03. The van der Waals surface area contributed by atoms with Gasteiger partial charge in [0.1, 0.15) is 5.75 Å². The molecule has 0 amide bonds. The Kier molecular flexibility index (Phi) is 7.42. The van der Waals surface area contributed by atoms with E-state index in [1.54, 1.807) is 12.1 Å². The van der Waals surface area contributed by atoms with Gasteiger partial charge in [-0.1, -0.05) is 0 Å². The van der Waals surface area contributed by atoms with Crippen LogP contribution in [0.1, 0.15) is 10.4 Å². The zero-order valence-electron chi connectivity index (χ0n) is 7.37. The van der Waals surface area contributed by atoms with Gasteiger partial charge in [-0.15, -0.1) is 0 Å². The minimum atomic E-state index is -0.923. The van der Waals surface area contributed by atoms with E-state index in [4.69, 9.17) is 9.84 Å². The van der Waals surface area contributed by atoms with E-state index < -0.39 is 5.97 Å². The van der Waals surface area contributed by atoms with Gasteiger partial charge >= 0.3 is 5.97 Å². The number of carbonyl (C=O) groups is 1. The van der Waals surface area contributed by atoms with Crippen LogP contribution >= 0.6 is 0 Å². The van der Waals surface area contributed by atoms with E-state index in [2.05, 4.69) is 0 Å². The van der Waals surface area contributed by atoms with Gasteiger partial charge in [-0.05, 0) is 24.3 Å². The van der Waals surface area contributed by atoms with Crippen LogP contribution < -0.4 is 4.74 Å². The molecule has 0 spiro atoms. The Balaban J connectivity index is 0. The van der Waals surface area contributed by atoms with E-state index in [0.29, 0.717) is 5.75 Å². The fourth-order valence-electron chi connectivity index (χ4n) is 0.734. The Morgan fingerprint density at radius 2 is 1.77 bits per heavy atom. The third-order valence-electron chi connectivity index (χ3n) is 1.34. The molecule has 0 aliphatic rings. The molecule has 1 radical (unpaired) electrons. The summed E-state index contributed by atoms with van der Waals surface area (Å²) < 4.78 is 4.86. The van der Waals surface area contributed by atoms with E-state index in [0.717, 1.165) is 0 Å². The normalized spacial score (nSPS) is 7.77. The van der Waals surface area contributed by atoms with Crippen LogP contribution in [-0.2, 0) is 22.4 Å². The molecule has 0 atom stereocenters. The van der Waals surface area contributed by atoms with Crippen LogP contribution in [0, 0.1) is 7.43 Å². The van der Waals surface area contributed by atoms with Crippen molar-refractivity contribution in [3.05, 3.63) is 37.3 Å². The first-order chi connectivity index (χ1) is 5.24. The molecule has 1 aromatic carbocycles. The summed E-state index contributed by atoms with van der Waals surface area (Å²) in [6, 6.07) is 6.23. The predicted octanol–water partition coefficient (Wildman–Crippen LogP) is 1.84. The fraction of sp³-hybridized carbons (Fsp3) is 0.111. The van der Waals surface area contributed by atoms with E-state index in [1.807, 2.05) is 0 Å². The molecule has 0 aromatic heterocycles. The Hall–Kier alpha value is -0.900. The van der Waals surface area contributed by atoms with Crippen LogP contribution in [0.4, 0.5) is 0 Å². The van der Waals surface area contributed by atoms with Gasteiger partial charge in [0.2, 0.25) is 0 Å². The molecule has 4 heteroatoms. The molecule has 0 aliphatic carbocycles. The first kappa shape index (κ1) is 14.6. The summed E-state index contributed by atoms with van der Waals surface area (Å²) in [4.78, 5) is 10.4. The summed E-state index contributed by atoms with van der Waals surface area (Å²) in [5, 5.41) is 8.51. The average Bonchev–Trinajstić information content (AvgIpc) is 2.05. The monoisotopic (exact) mass is 274 g/mol. The molecule has 1 N–H and O–H groups in total. The van der Waals surface area contributed by atoms with E-state index in [-0.39, 0.29) is 35.4 Å². The van der Waals surface area contributed by atoms with E-state index in [9.17, 15) is 4.79 Å². The topological polar surface area (TPSA) is 46.5 Å². The standard InChI is InChI=1S/C8H8O3.CH3.Ag/c1-11-7-4-2-6(3-5-7)8(9)10;;/h2-5H,1H3,(H,9,10);1H3;/q;+1;. The van der Waals surface area contributed by atoms with Crippen molar-refractivity contribution < 1.29 is 37.0 Å². The Morgan fingerprint density at radius 3 is 2.08 bits per heavy atom. The summed E-state index contributed by atoms with van der Waals surface area (Å²) in [5.41, 5.74) is 0.269. The molecule has 75 valence electrons. The molecule has 0 aliphatic heterocycles. The predicted molar refractivity (Wildman–Crippen MR) is 46.4 cm³/mol. The van der Waals surface area contributed by atoms with Gasteiger partial charge in [0.25, 0.3) is 0 Å². The molecule has 1 aromatic rings. The second kappa shape index (κ2) is 6.60. The SMILES string of the molecule is COc1ccc(C(=O)O)cc1.[Ag].[CH3+]. The second-order valence-corrected chi connectivity index (χ2v) is 2.03. The summed E-state index contributed by atoms with van der Waals surface area (Å²) in [6.45, 7) is 0. The molecule has 0 heterocycles. The maximum absolute atomic E-state index is 10.4. The molecular formula is C9H11AgO3+. The van der Waals surface area contributed by atoms with Gasteiger partial charge < -0.3 is 9.84 Å². The maximum Gasteiger partial charge on any atom is 0.335 e. The number of aromatic carboxylic acids is 1. The van der Waals surface area contributed by atoms with Crippen LogP contribution in [0.2, 0.25) is 0 Å². The summed E-state index contributed by atoms with van der Waals surface area (Å²) in [5.74, 6) is -0.261. The summed E-state index contributed by atoms with van der Waals surface area (Å²) in [7, 11) is 1.54. The summed E-state index contributed by atoms with van der Waals surface area (Å²) >= 11 is 0. The zero-order valence-corrected chi connectivity index (χ0v) is 8.86. The molecule has 0 saturated carbocycles. The number of ether oxygens (including phenoxy) is 1. The van der Waals surface area contributed by atoms with Crippen molar-refractivity contribution in [1.29, 1.82) is 0 Å². The van der Waals surface area contributed by atoms with Crippen LogP contribution in [0.15, 0.2) is 24.3 Å². The third kappa shape index (κ3) is 4.03. The van der Waals surface area contributed by atoms with Crippen LogP contribution in [0.25, 0.3) is 0 Å². The Bertz CT molecular complexity index is 256. The first-order valence-corrected chi connectivity index (χ1v) is 3.11. The van der Waals surface area contributed by atoms with Gasteiger partial charge in [-0.25, -0.2) is 4.79 Å². The minimum Gasteiger partial charge on any atom is -0.497 e. The largest absolute Gasteiger partial charge is 0.497 e. The van der Waals surface area contributed by atoms with E-state index >= 15 is 0 Å². The van der Waals surface area contributed by atoms with Crippen molar-refractivity contribution in [3.8, 4) is 5.75 Å². The van der Waals surface area contributed by atoms with E-state index in [1.165, 1.54) is 19.2 Å². The maximum atomic E-state index is 10.4. The molecule has 3 nitrogen and oxygen atoms in total. The Labute approximate surface area is 93.2 Å².